The number of nitrogens with zero attached hydrogens (tertiary/aromatic N) is 1. The van der Waals surface area contributed by atoms with Gasteiger partial charge in [0.15, 0.2) is 17.8 Å². The van der Waals surface area contributed by atoms with Crippen LogP contribution in [0.3, 0.4) is 0 Å². The first-order chi connectivity index (χ1) is 11.0. The third-order valence-corrected chi connectivity index (χ3v) is 3.90. The van der Waals surface area contributed by atoms with Crippen LogP contribution in [0.5, 0.6) is 0 Å². The van der Waals surface area contributed by atoms with E-state index in [1.807, 2.05) is 44.2 Å². The maximum Gasteiger partial charge on any atom is 0.278 e. The summed E-state index contributed by atoms with van der Waals surface area (Å²) in [7, 11) is 0. The molecule has 0 atom stereocenters. The van der Waals surface area contributed by atoms with Crippen LogP contribution in [0.4, 0.5) is 5.69 Å². The van der Waals surface area contributed by atoms with E-state index >= 15 is 0 Å². The van der Waals surface area contributed by atoms with Gasteiger partial charge in [-0.25, -0.2) is 4.98 Å². The molecule has 2 aromatic carbocycles. The van der Waals surface area contributed by atoms with E-state index in [2.05, 4.69) is 10.3 Å². The third kappa shape index (κ3) is 3.27. The second-order valence-corrected chi connectivity index (χ2v) is 5.72. The summed E-state index contributed by atoms with van der Waals surface area (Å²) in [5.41, 5.74) is 3.70. The zero-order valence-electron chi connectivity index (χ0n) is 12.8. The van der Waals surface area contributed by atoms with Crippen LogP contribution in [0.15, 0.2) is 53.3 Å². The van der Waals surface area contributed by atoms with Crippen molar-refractivity contribution in [1.29, 1.82) is 0 Å². The maximum absolute atomic E-state index is 12.5. The van der Waals surface area contributed by atoms with E-state index in [1.165, 1.54) is 6.39 Å². The zero-order chi connectivity index (χ0) is 16.4. The molecule has 0 aliphatic carbocycles. The van der Waals surface area contributed by atoms with Crippen LogP contribution >= 0.6 is 11.6 Å². The standard InChI is InChI=1S/C18H15ClN2O2/c1-11-4-3-5-13(8-11)17-16(20-10-23-17)18(22)21-14-7-6-12(2)15(19)9-14/h3-10H,1-2H3,(H,21,22). The van der Waals surface area contributed by atoms with Crippen molar-refractivity contribution in [3.63, 3.8) is 0 Å². The van der Waals surface area contributed by atoms with Gasteiger partial charge in [-0.3, -0.25) is 4.79 Å². The predicted octanol–water partition coefficient (Wildman–Crippen LogP) is 4.86. The van der Waals surface area contributed by atoms with E-state index in [4.69, 9.17) is 16.0 Å². The minimum atomic E-state index is -0.338. The molecule has 0 saturated heterocycles. The van der Waals surface area contributed by atoms with Crippen LogP contribution in [-0.4, -0.2) is 10.9 Å². The van der Waals surface area contributed by atoms with Gasteiger partial charge >= 0.3 is 0 Å². The summed E-state index contributed by atoms with van der Waals surface area (Å²) < 4.78 is 5.41. The van der Waals surface area contributed by atoms with Crippen molar-refractivity contribution in [2.75, 3.05) is 5.32 Å². The number of anilines is 1. The smallest absolute Gasteiger partial charge is 0.278 e. The number of aromatic nitrogens is 1. The molecule has 23 heavy (non-hydrogen) atoms. The van der Waals surface area contributed by atoms with Crippen molar-refractivity contribution in [2.24, 2.45) is 0 Å². The summed E-state index contributed by atoms with van der Waals surface area (Å²) >= 11 is 6.08. The van der Waals surface area contributed by atoms with E-state index in [-0.39, 0.29) is 11.6 Å². The molecule has 1 heterocycles. The number of aryl methyl sites for hydroxylation is 2. The highest BCUT2D eigenvalue weighted by Crippen LogP contribution is 2.25. The molecular weight excluding hydrogens is 312 g/mol. The highest BCUT2D eigenvalue weighted by molar-refractivity contribution is 6.31. The Bertz CT molecular complexity index is 871. The number of carbonyl (C=O) groups excluding carboxylic acids is 1. The molecule has 5 heteroatoms. The van der Waals surface area contributed by atoms with Gasteiger partial charge in [0.25, 0.3) is 5.91 Å². The van der Waals surface area contributed by atoms with E-state index < -0.39 is 0 Å². The molecule has 1 aromatic heterocycles. The number of rotatable bonds is 3. The third-order valence-electron chi connectivity index (χ3n) is 3.49. The number of carbonyl (C=O) groups is 1. The first kappa shape index (κ1) is 15.3. The molecule has 116 valence electrons. The molecule has 4 nitrogen and oxygen atoms in total. The Hall–Kier alpha value is -2.59. The lowest BCUT2D eigenvalue weighted by molar-refractivity contribution is 0.102. The van der Waals surface area contributed by atoms with Crippen molar-refractivity contribution < 1.29 is 9.21 Å². The number of amides is 1. The van der Waals surface area contributed by atoms with Gasteiger partial charge in [-0.05, 0) is 37.6 Å². The average molecular weight is 327 g/mol. The summed E-state index contributed by atoms with van der Waals surface area (Å²) in [5.74, 6) is 0.111. The molecule has 1 amide bonds. The summed E-state index contributed by atoms with van der Waals surface area (Å²) in [6.07, 6.45) is 1.27. The Morgan fingerprint density at radius 1 is 1.17 bits per heavy atom. The Morgan fingerprint density at radius 2 is 2.00 bits per heavy atom. The average Bonchev–Trinajstić information content (AvgIpc) is 3.00. The molecule has 0 radical (unpaired) electrons. The largest absolute Gasteiger partial charge is 0.443 e. The molecule has 0 saturated carbocycles. The van der Waals surface area contributed by atoms with Crippen molar-refractivity contribution in [2.45, 2.75) is 13.8 Å². The number of nitrogens with one attached hydrogen (secondary N) is 1. The van der Waals surface area contributed by atoms with Gasteiger partial charge in [-0.1, -0.05) is 41.4 Å². The Labute approximate surface area is 139 Å². The minimum absolute atomic E-state index is 0.243. The normalized spacial score (nSPS) is 10.6. The second-order valence-electron chi connectivity index (χ2n) is 5.32. The van der Waals surface area contributed by atoms with Gasteiger partial charge < -0.3 is 9.73 Å². The predicted molar refractivity (Wildman–Crippen MR) is 90.8 cm³/mol. The van der Waals surface area contributed by atoms with Gasteiger partial charge in [0.2, 0.25) is 0 Å². The Balaban J connectivity index is 1.89. The summed E-state index contributed by atoms with van der Waals surface area (Å²) in [4.78, 5) is 16.5. The van der Waals surface area contributed by atoms with E-state index in [9.17, 15) is 4.79 Å². The van der Waals surface area contributed by atoms with E-state index in [1.54, 1.807) is 12.1 Å². The molecule has 0 unspecified atom stereocenters. The summed E-state index contributed by atoms with van der Waals surface area (Å²) in [6.45, 7) is 3.88. The summed E-state index contributed by atoms with van der Waals surface area (Å²) in [6, 6.07) is 13.1. The number of oxazole rings is 1. The monoisotopic (exact) mass is 326 g/mol. The lowest BCUT2D eigenvalue weighted by Gasteiger charge is -2.06. The fourth-order valence-corrected chi connectivity index (χ4v) is 2.44. The molecule has 0 fully saturated rings. The molecule has 0 aliphatic heterocycles. The Morgan fingerprint density at radius 3 is 2.74 bits per heavy atom. The van der Waals surface area contributed by atoms with Gasteiger partial charge in [0.05, 0.1) is 0 Å². The quantitative estimate of drug-likeness (QED) is 0.747. The van der Waals surface area contributed by atoms with Crippen LogP contribution < -0.4 is 5.32 Å². The lowest BCUT2D eigenvalue weighted by Crippen LogP contribution is -2.13. The molecule has 1 N–H and O–H groups in total. The lowest BCUT2D eigenvalue weighted by atomic mass is 10.1. The topological polar surface area (TPSA) is 55.1 Å². The minimum Gasteiger partial charge on any atom is -0.443 e. The fraction of sp³-hybridized carbons (Fsp3) is 0.111. The number of benzene rings is 2. The fourth-order valence-electron chi connectivity index (χ4n) is 2.26. The van der Waals surface area contributed by atoms with Crippen LogP contribution in [0.2, 0.25) is 5.02 Å². The molecule has 3 aromatic rings. The molecular formula is C18H15ClN2O2. The molecule has 0 bridgehead atoms. The zero-order valence-corrected chi connectivity index (χ0v) is 13.5. The van der Waals surface area contributed by atoms with Crippen LogP contribution in [0.25, 0.3) is 11.3 Å². The van der Waals surface area contributed by atoms with Crippen LogP contribution in [0, 0.1) is 13.8 Å². The first-order valence-electron chi connectivity index (χ1n) is 7.12. The van der Waals surface area contributed by atoms with Gasteiger partial charge in [-0.15, -0.1) is 0 Å². The number of halogens is 1. The van der Waals surface area contributed by atoms with E-state index in [0.717, 1.165) is 16.7 Å². The summed E-state index contributed by atoms with van der Waals surface area (Å²) in [5, 5.41) is 3.39. The van der Waals surface area contributed by atoms with Crippen molar-refractivity contribution >= 4 is 23.2 Å². The first-order valence-corrected chi connectivity index (χ1v) is 7.50. The highest BCUT2D eigenvalue weighted by atomic mass is 35.5. The van der Waals surface area contributed by atoms with Crippen molar-refractivity contribution in [3.8, 4) is 11.3 Å². The van der Waals surface area contributed by atoms with Crippen LogP contribution in [0.1, 0.15) is 21.6 Å². The molecule has 0 spiro atoms. The van der Waals surface area contributed by atoms with Crippen molar-refractivity contribution in [3.05, 3.63) is 70.7 Å². The number of hydrogen-bond acceptors (Lipinski definition) is 3. The van der Waals surface area contributed by atoms with Crippen LogP contribution in [-0.2, 0) is 0 Å². The SMILES string of the molecule is Cc1cccc(-c2ocnc2C(=O)Nc2ccc(C)c(Cl)c2)c1. The maximum atomic E-state index is 12.5. The van der Waals surface area contributed by atoms with Gasteiger partial charge in [0.1, 0.15) is 0 Å². The van der Waals surface area contributed by atoms with Gasteiger partial charge in [0, 0.05) is 16.3 Å². The Kier molecular flexibility index (Phi) is 4.17. The molecule has 3 rings (SSSR count). The van der Waals surface area contributed by atoms with Gasteiger partial charge in [-0.2, -0.15) is 0 Å². The number of hydrogen-bond donors (Lipinski definition) is 1. The van der Waals surface area contributed by atoms with E-state index in [0.29, 0.717) is 16.5 Å². The highest BCUT2D eigenvalue weighted by Gasteiger charge is 2.18. The van der Waals surface area contributed by atoms with Crippen molar-refractivity contribution in [1.82, 2.24) is 4.98 Å². The molecule has 0 aliphatic rings. The second kappa shape index (κ2) is 6.26.